The number of phenols is 1. The van der Waals surface area contributed by atoms with Crippen molar-refractivity contribution in [3.05, 3.63) is 42.2 Å². The van der Waals surface area contributed by atoms with E-state index in [-0.39, 0.29) is 11.3 Å². The van der Waals surface area contributed by atoms with Crippen LogP contribution in [0.5, 0.6) is 5.75 Å². The fourth-order valence-electron chi connectivity index (χ4n) is 5.08. The molecular weight excluding hydrogens is 456 g/mol. The molecule has 12 heteroatoms. The number of aromatic hydroxyl groups is 1. The average molecular weight is 482 g/mol. The molecule has 0 amide bonds. The van der Waals surface area contributed by atoms with Gasteiger partial charge in [-0.15, -0.1) is 0 Å². The summed E-state index contributed by atoms with van der Waals surface area (Å²) in [5.74, 6) is -1.78. The summed E-state index contributed by atoms with van der Waals surface area (Å²) < 4.78 is 28.3. The van der Waals surface area contributed by atoms with Gasteiger partial charge in [0.2, 0.25) is 6.29 Å². The number of phenolic OH excluding ortho intramolecular Hbond substituents is 1. The lowest BCUT2D eigenvalue weighted by Crippen LogP contribution is -2.60. The van der Waals surface area contributed by atoms with Gasteiger partial charge in [-0.3, -0.25) is 0 Å². The molecule has 1 saturated carbocycles. The van der Waals surface area contributed by atoms with Gasteiger partial charge in [0.1, 0.15) is 48.0 Å². The van der Waals surface area contributed by atoms with E-state index < -0.39 is 85.8 Å². The lowest BCUT2D eigenvalue weighted by atomic mass is 9.85. The Morgan fingerprint density at radius 3 is 2.44 bits per heavy atom. The molecule has 0 radical (unpaired) electrons. The molecule has 2 saturated heterocycles. The second-order valence-corrected chi connectivity index (χ2v) is 8.84. The topological polar surface area (TPSA) is 188 Å². The van der Waals surface area contributed by atoms with Crippen molar-refractivity contribution < 1.29 is 59.1 Å². The first-order chi connectivity index (χ1) is 16.3. The van der Waals surface area contributed by atoms with Crippen molar-refractivity contribution in [2.75, 3.05) is 13.2 Å². The van der Waals surface area contributed by atoms with Gasteiger partial charge >= 0.3 is 5.97 Å². The number of benzene rings is 1. The predicted molar refractivity (Wildman–Crippen MR) is 108 cm³/mol. The van der Waals surface area contributed by atoms with E-state index >= 15 is 0 Å². The highest BCUT2D eigenvalue weighted by atomic mass is 16.8. The van der Waals surface area contributed by atoms with Crippen LogP contribution in [0.25, 0.3) is 0 Å². The summed E-state index contributed by atoms with van der Waals surface area (Å²) in [7, 11) is 0. The molecule has 1 aliphatic carbocycles. The van der Waals surface area contributed by atoms with Crippen LogP contribution in [0.3, 0.4) is 0 Å². The van der Waals surface area contributed by atoms with Crippen molar-refractivity contribution in [2.24, 2.45) is 11.8 Å². The molecule has 5 rings (SSSR count). The predicted octanol–water partition coefficient (Wildman–Crippen LogP) is -2.02. The van der Waals surface area contributed by atoms with Gasteiger partial charge in [0.05, 0.1) is 31.0 Å². The molecule has 3 fully saturated rings. The largest absolute Gasteiger partial charge is 0.508 e. The Morgan fingerprint density at radius 2 is 1.76 bits per heavy atom. The molecule has 12 nitrogen and oxygen atoms in total. The maximum absolute atomic E-state index is 12.7. The number of ether oxygens (including phenoxy) is 5. The third kappa shape index (κ3) is 3.67. The number of aliphatic hydroxyl groups is 5. The summed E-state index contributed by atoms with van der Waals surface area (Å²) in [5.41, 5.74) is -0.907. The lowest BCUT2D eigenvalue weighted by Gasteiger charge is -2.43. The quantitative estimate of drug-likeness (QED) is 0.193. The van der Waals surface area contributed by atoms with Crippen molar-refractivity contribution in [3.63, 3.8) is 0 Å². The SMILES string of the molecule is O=C(O[C@@H]1[C@H]2C=CO[C@H](O[C@@H]3O[C@H](CO)[C@@H](O)[C@H](O)[C@H]3O)[C@@H]2[C@@]2(CO)O[C@@H]12)c1ccc(O)cc1. The molecular formula is C22H26O12. The zero-order valence-electron chi connectivity index (χ0n) is 17.8. The Kier molecular flexibility index (Phi) is 6.02. The molecule has 1 aromatic rings. The van der Waals surface area contributed by atoms with Crippen LogP contribution in [0.2, 0.25) is 0 Å². The van der Waals surface area contributed by atoms with Gasteiger partial charge in [0.25, 0.3) is 0 Å². The number of carbonyl (C=O) groups is 1. The van der Waals surface area contributed by atoms with Crippen LogP contribution < -0.4 is 0 Å². The second kappa shape index (κ2) is 8.73. The van der Waals surface area contributed by atoms with Crippen molar-refractivity contribution >= 4 is 5.97 Å². The summed E-state index contributed by atoms with van der Waals surface area (Å²) in [5, 5.41) is 59.3. The van der Waals surface area contributed by atoms with E-state index in [9.17, 15) is 35.4 Å². The molecule has 0 spiro atoms. The average Bonchev–Trinajstić information content (AvgIpc) is 3.52. The van der Waals surface area contributed by atoms with Gasteiger partial charge < -0.3 is 54.3 Å². The Labute approximate surface area is 193 Å². The second-order valence-electron chi connectivity index (χ2n) is 8.84. The fraction of sp³-hybridized carbons (Fsp3) is 0.591. The minimum atomic E-state index is -1.64. The summed E-state index contributed by atoms with van der Waals surface area (Å²) in [6.45, 7) is -1.04. The van der Waals surface area contributed by atoms with E-state index in [1.807, 2.05) is 0 Å². The number of rotatable bonds is 6. The first-order valence-electron chi connectivity index (χ1n) is 10.9. The van der Waals surface area contributed by atoms with Gasteiger partial charge in [0.15, 0.2) is 6.29 Å². The molecule has 0 aromatic heterocycles. The third-order valence-corrected chi connectivity index (χ3v) is 6.94. The molecule has 1 aromatic carbocycles. The monoisotopic (exact) mass is 482 g/mol. The molecule has 0 unspecified atom stereocenters. The highest BCUT2D eigenvalue weighted by Gasteiger charge is 2.77. The van der Waals surface area contributed by atoms with Gasteiger partial charge in [0, 0.05) is 5.92 Å². The van der Waals surface area contributed by atoms with E-state index in [4.69, 9.17) is 23.7 Å². The summed E-state index contributed by atoms with van der Waals surface area (Å²) in [4.78, 5) is 12.7. The van der Waals surface area contributed by atoms with E-state index in [1.54, 1.807) is 6.08 Å². The number of hydrogen-bond acceptors (Lipinski definition) is 12. The first kappa shape index (κ1) is 23.5. The highest BCUT2D eigenvalue weighted by Crippen LogP contribution is 2.60. The highest BCUT2D eigenvalue weighted by molar-refractivity contribution is 5.89. The Hall–Kier alpha value is -2.29. The molecule has 11 atom stereocenters. The van der Waals surface area contributed by atoms with Gasteiger partial charge in [-0.05, 0) is 30.3 Å². The number of fused-ring (bicyclic) bond motifs is 3. The van der Waals surface area contributed by atoms with Crippen molar-refractivity contribution in [2.45, 2.75) is 54.8 Å². The molecule has 3 heterocycles. The molecule has 0 bridgehead atoms. The number of esters is 1. The normalized spacial score (nSPS) is 44.6. The van der Waals surface area contributed by atoms with E-state index in [0.29, 0.717) is 0 Å². The zero-order chi connectivity index (χ0) is 24.2. The first-order valence-corrected chi connectivity index (χ1v) is 10.9. The number of epoxide rings is 1. The Bertz CT molecular complexity index is 934. The van der Waals surface area contributed by atoms with E-state index in [0.717, 1.165) is 0 Å². The molecule has 34 heavy (non-hydrogen) atoms. The van der Waals surface area contributed by atoms with Gasteiger partial charge in [-0.1, -0.05) is 0 Å². The molecule has 3 aliphatic heterocycles. The maximum atomic E-state index is 12.7. The number of hydrogen-bond donors (Lipinski definition) is 6. The van der Waals surface area contributed by atoms with Crippen LogP contribution in [0.1, 0.15) is 10.4 Å². The summed E-state index contributed by atoms with van der Waals surface area (Å²) >= 11 is 0. The number of aliphatic hydroxyl groups excluding tert-OH is 5. The third-order valence-electron chi connectivity index (χ3n) is 6.94. The van der Waals surface area contributed by atoms with Crippen LogP contribution in [0, 0.1) is 11.8 Å². The minimum absolute atomic E-state index is 0.00264. The summed E-state index contributed by atoms with van der Waals surface area (Å²) in [6, 6.07) is 5.56. The Balaban J connectivity index is 1.34. The van der Waals surface area contributed by atoms with Crippen molar-refractivity contribution in [1.82, 2.24) is 0 Å². The maximum Gasteiger partial charge on any atom is 0.338 e. The lowest BCUT2D eigenvalue weighted by molar-refractivity contribution is -0.344. The van der Waals surface area contributed by atoms with Gasteiger partial charge in [-0.2, -0.15) is 0 Å². The van der Waals surface area contributed by atoms with Crippen molar-refractivity contribution in [1.29, 1.82) is 0 Å². The molecule has 186 valence electrons. The van der Waals surface area contributed by atoms with Crippen LogP contribution in [-0.2, 0) is 23.7 Å². The van der Waals surface area contributed by atoms with E-state index in [2.05, 4.69) is 0 Å². The minimum Gasteiger partial charge on any atom is -0.508 e. The molecule has 4 aliphatic rings. The van der Waals surface area contributed by atoms with Crippen LogP contribution >= 0.6 is 0 Å². The van der Waals surface area contributed by atoms with Crippen LogP contribution in [0.4, 0.5) is 0 Å². The smallest absolute Gasteiger partial charge is 0.338 e. The van der Waals surface area contributed by atoms with Crippen LogP contribution in [-0.4, -0.2) is 105 Å². The summed E-state index contributed by atoms with van der Waals surface area (Å²) in [6.07, 6.45) is -6.99. The Morgan fingerprint density at radius 1 is 1.03 bits per heavy atom. The molecule has 6 N–H and O–H groups in total. The van der Waals surface area contributed by atoms with E-state index in [1.165, 1.54) is 30.5 Å². The van der Waals surface area contributed by atoms with Crippen molar-refractivity contribution in [3.8, 4) is 5.75 Å². The zero-order valence-corrected chi connectivity index (χ0v) is 17.8. The standard InChI is InChI=1S/C22H26O12/c23-7-12-14(26)15(27)16(28)21(31-12)33-20-13-11(5-6-30-20)17(18-22(13,8-24)34-18)32-19(29)9-1-3-10(25)4-2-9/h1-6,11-18,20-21,23-28H,7-8H2/t11-,12+,13+,14+,15-,16+,17+,18-,20+,21-,22+/m0/s1. The van der Waals surface area contributed by atoms with Gasteiger partial charge in [-0.25, -0.2) is 4.79 Å². The fourth-order valence-corrected chi connectivity index (χ4v) is 5.08. The van der Waals surface area contributed by atoms with Crippen LogP contribution in [0.15, 0.2) is 36.6 Å². The number of carbonyl (C=O) groups excluding carboxylic acids is 1.